The van der Waals surface area contributed by atoms with Crippen LogP contribution in [0.5, 0.6) is 11.5 Å². The lowest BCUT2D eigenvalue weighted by Crippen LogP contribution is -2.19. The second-order valence-electron chi connectivity index (χ2n) is 4.29. The van der Waals surface area contributed by atoms with Gasteiger partial charge in [-0.15, -0.1) is 0 Å². The molecule has 0 unspecified atom stereocenters. The standard InChI is InChI=1S/C13H14O4/c1-6(2)13-12(16)9-4-8(7(3)14)10(15)5-11(9)17-13/h4-5,12-13,15-16H,1H2,2-3H3/t12-,13-/m1/s1. The van der Waals surface area contributed by atoms with Crippen molar-refractivity contribution in [3.63, 3.8) is 0 Å². The van der Waals surface area contributed by atoms with Gasteiger partial charge in [-0.3, -0.25) is 4.79 Å². The summed E-state index contributed by atoms with van der Waals surface area (Å²) in [4.78, 5) is 11.3. The summed E-state index contributed by atoms with van der Waals surface area (Å²) >= 11 is 0. The number of hydrogen-bond acceptors (Lipinski definition) is 4. The number of carbonyl (C=O) groups excluding carboxylic acids is 1. The van der Waals surface area contributed by atoms with Gasteiger partial charge in [-0.2, -0.15) is 0 Å². The van der Waals surface area contributed by atoms with Crippen LogP contribution in [0, 0.1) is 0 Å². The SMILES string of the molecule is C=C(C)[C@H]1Oc2cc(O)c(C(C)=O)cc2[C@H]1O. The van der Waals surface area contributed by atoms with Gasteiger partial charge in [-0.1, -0.05) is 6.58 Å². The number of aliphatic hydroxyl groups is 1. The number of fused-ring (bicyclic) bond motifs is 1. The van der Waals surface area contributed by atoms with Gasteiger partial charge in [0.05, 0.1) is 5.56 Å². The predicted molar refractivity (Wildman–Crippen MR) is 62.3 cm³/mol. The summed E-state index contributed by atoms with van der Waals surface area (Å²) in [5.41, 5.74) is 1.40. The molecular formula is C13H14O4. The third-order valence-electron chi connectivity index (χ3n) is 2.85. The van der Waals surface area contributed by atoms with Crippen molar-refractivity contribution in [2.24, 2.45) is 0 Å². The van der Waals surface area contributed by atoms with Crippen LogP contribution in [0.3, 0.4) is 0 Å². The van der Waals surface area contributed by atoms with Crippen LogP contribution in [-0.2, 0) is 0 Å². The fourth-order valence-corrected chi connectivity index (χ4v) is 1.94. The number of rotatable bonds is 2. The third kappa shape index (κ3) is 1.80. The summed E-state index contributed by atoms with van der Waals surface area (Å²) in [5, 5.41) is 19.7. The quantitative estimate of drug-likeness (QED) is 0.606. The highest BCUT2D eigenvalue weighted by Crippen LogP contribution is 2.42. The summed E-state index contributed by atoms with van der Waals surface area (Å²) in [6, 6.07) is 2.83. The topological polar surface area (TPSA) is 66.8 Å². The Morgan fingerprint density at radius 2 is 2.06 bits per heavy atom. The highest BCUT2D eigenvalue weighted by atomic mass is 16.5. The molecule has 4 heteroatoms. The zero-order valence-electron chi connectivity index (χ0n) is 9.73. The number of carbonyl (C=O) groups is 1. The van der Waals surface area contributed by atoms with Gasteiger partial charge >= 0.3 is 0 Å². The van der Waals surface area contributed by atoms with Crippen LogP contribution in [0.1, 0.15) is 35.9 Å². The number of hydrogen-bond donors (Lipinski definition) is 2. The molecule has 0 spiro atoms. The van der Waals surface area contributed by atoms with Crippen molar-refractivity contribution in [1.29, 1.82) is 0 Å². The summed E-state index contributed by atoms with van der Waals surface area (Å²) in [6.07, 6.45) is -1.37. The first kappa shape index (κ1) is 11.7. The highest BCUT2D eigenvalue weighted by Gasteiger charge is 2.34. The van der Waals surface area contributed by atoms with Gasteiger partial charge < -0.3 is 14.9 Å². The first-order chi connectivity index (χ1) is 7.91. The number of aliphatic hydroxyl groups excluding tert-OH is 1. The predicted octanol–water partition coefficient (Wildman–Crippen LogP) is 1.97. The number of phenols is 1. The molecule has 1 aliphatic rings. The van der Waals surface area contributed by atoms with Gasteiger partial charge in [0.15, 0.2) is 5.78 Å². The molecule has 0 saturated carbocycles. The molecule has 90 valence electrons. The molecule has 1 aromatic rings. The Kier molecular flexibility index (Phi) is 2.67. The van der Waals surface area contributed by atoms with Gasteiger partial charge in [0.1, 0.15) is 23.7 Å². The van der Waals surface area contributed by atoms with Gasteiger partial charge in [0.2, 0.25) is 0 Å². The lowest BCUT2D eigenvalue weighted by atomic mass is 9.99. The molecule has 0 saturated heterocycles. The van der Waals surface area contributed by atoms with E-state index in [2.05, 4.69) is 6.58 Å². The fraction of sp³-hybridized carbons (Fsp3) is 0.308. The fourth-order valence-electron chi connectivity index (χ4n) is 1.94. The van der Waals surface area contributed by atoms with E-state index in [0.717, 1.165) is 0 Å². The zero-order chi connectivity index (χ0) is 12.7. The van der Waals surface area contributed by atoms with E-state index in [1.54, 1.807) is 6.92 Å². The number of phenolic OH excluding ortho intramolecular Hbond substituents is 1. The molecule has 0 aliphatic carbocycles. The van der Waals surface area contributed by atoms with Gasteiger partial charge in [0.25, 0.3) is 0 Å². The number of benzene rings is 1. The maximum atomic E-state index is 11.3. The van der Waals surface area contributed by atoms with Crippen molar-refractivity contribution in [1.82, 2.24) is 0 Å². The molecule has 17 heavy (non-hydrogen) atoms. The van der Waals surface area contributed by atoms with E-state index < -0.39 is 12.2 Å². The van der Waals surface area contributed by atoms with Crippen molar-refractivity contribution in [3.05, 3.63) is 35.4 Å². The van der Waals surface area contributed by atoms with E-state index in [1.807, 2.05) is 0 Å². The molecule has 1 heterocycles. The second kappa shape index (κ2) is 3.89. The molecule has 2 atom stereocenters. The van der Waals surface area contributed by atoms with Crippen molar-refractivity contribution in [2.75, 3.05) is 0 Å². The van der Waals surface area contributed by atoms with Crippen molar-refractivity contribution >= 4 is 5.78 Å². The molecule has 0 fully saturated rings. The minimum absolute atomic E-state index is 0.134. The Hall–Kier alpha value is -1.81. The Morgan fingerprint density at radius 3 is 2.59 bits per heavy atom. The van der Waals surface area contributed by atoms with Crippen LogP contribution >= 0.6 is 0 Å². The molecular weight excluding hydrogens is 220 g/mol. The Labute approximate surface area is 99.2 Å². The van der Waals surface area contributed by atoms with Crippen molar-refractivity contribution in [3.8, 4) is 11.5 Å². The monoisotopic (exact) mass is 234 g/mol. The number of Topliss-reactive ketones (excluding diaryl/α,β-unsaturated/α-hetero) is 1. The van der Waals surface area contributed by atoms with E-state index in [-0.39, 0.29) is 17.1 Å². The van der Waals surface area contributed by atoms with Crippen molar-refractivity contribution < 1.29 is 19.7 Å². The zero-order valence-corrected chi connectivity index (χ0v) is 9.73. The summed E-state index contributed by atoms with van der Waals surface area (Å²) < 4.78 is 5.48. The Morgan fingerprint density at radius 1 is 1.41 bits per heavy atom. The lowest BCUT2D eigenvalue weighted by molar-refractivity contribution is 0.0900. The molecule has 4 nitrogen and oxygen atoms in total. The normalized spacial score (nSPS) is 21.8. The van der Waals surface area contributed by atoms with Gasteiger partial charge in [-0.25, -0.2) is 0 Å². The molecule has 2 N–H and O–H groups in total. The van der Waals surface area contributed by atoms with E-state index in [1.165, 1.54) is 19.1 Å². The molecule has 1 aromatic carbocycles. The van der Waals surface area contributed by atoms with E-state index >= 15 is 0 Å². The molecule has 0 aromatic heterocycles. The highest BCUT2D eigenvalue weighted by molar-refractivity contribution is 5.97. The summed E-state index contributed by atoms with van der Waals surface area (Å²) in [6.45, 7) is 6.85. The molecule has 0 radical (unpaired) electrons. The largest absolute Gasteiger partial charge is 0.507 e. The van der Waals surface area contributed by atoms with E-state index in [4.69, 9.17) is 4.74 Å². The first-order valence-corrected chi connectivity index (χ1v) is 5.29. The molecule has 1 aliphatic heterocycles. The van der Waals surface area contributed by atoms with Gasteiger partial charge in [-0.05, 0) is 25.5 Å². The first-order valence-electron chi connectivity index (χ1n) is 5.29. The van der Waals surface area contributed by atoms with E-state index in [9.17, 15) is 15.0 Å². The summed E-state index contributed by atoms with van der Waals surface area (Å²) in [5.74, 6) is 0.00934. The van der Waals surface area contributed by atoms with E-state index in [0.29, 0.717) is 16.9 Å². The smallest absolute Gasteiger partial charge is 0.163 e. The maximum Gasteiger partial charge on any atom is 0.163 e. The van der Waals surface area contributed by atoms with Crippen LogP contribution in [0.2, 0.25) is 0 Å². The van der Waals surface area contributed by atoms with Crippen LogP contribution in [0.25, 0.3) is 0 Å². The number of ether oxygens (including phenoxy) is 1. The molecule has 0 amide bonds. The third-order valence-corrected chi connectivity index (χ3v) is 2.85. The minimum atomic E-state index is -0.846. The molecule has 2 rings (SSSR count). The van der Waals surface area contributed by atoms with Crippen LogP contribution in [-0.4, -0.2) is 22.1 Å². The van der Waals surface area contributed by atoms with Gasteiger partial charge in [0, 0.05) is 11.6 Å². The average molecular weight is 234 g/mol. The van der Waals surface area contributed by atoms with Crippen LogP contribution < -0.4 is 4.74 Å². The maximum absolute atomic E-state index is 11.3. The Balaban J connectivity index is 2.50. The number of aromatic hydroxyl groups is 1. The van der Waals surface area contributed by atoms with Crippen LogP contribution in [0.15, 0.2) is 24.3 Å². The minimum Gasteiger partial charge on any atom is -0.507 e. The van der Waals surface area contributed by atoms with Crippen molar-refractivity contribution in [2.45, 2.75) is 26.1 Å². The summed E-state index contributed by atoms with van der Waals surface area (Å²) in [7, 11) is 0. The van der Waals surface area contributed by atoms with Crippen LogP contribution in [0.4, 0.5) is 0 Å². The molecule has 0 bridgehead atoms. The Bertz CT molecular complexity index is 504. The lowest BCUT2D eigenvalue weighted by Gasteiger charge is -2.13. The average Bonchev–Trinajstić information content (AvgIpc) is 2.54. The second-order valence-corrected chi connectivity index (χ2v) is 4.29. The number of ketones is 1.